The number of carbonyl (C=O) groups is 1. The number of rotatable bonds is 3. The van der Waals surface area contributed by atoms with E-state index in [1.807, 2.05) is 49.2 Å². The molecule has 136 valence electrons. The van der Waals surface area contributed by atoms with Crippen LogP contribution in [-0.4, -0.2) is 27.9 Å². The SMILES string of the molecule is CCN1C(=O)C=C(C)C2=CC(c3cccnc3-c3ccccc3)=CCC21C. The summed E-state index contributed by atoms with van der Waals surface area (Å²) in [4.78, 5) is 19.1. The second-order valence-electron chi connectivity index (χ2n) is 7.37. The highest BCUT2D eigenvalue weighted by atomic mass is 16.2. The van der Waals surface area contributed by atoms with E-state index in [0.29, 0.717) is 6.54 Å². The minimum Gasteiger partial charge on any atom is -0.330 e. The Morgan fingerprint density at radius 3 is 2.63 bits per heavy atom. The quantitative estimate of drug-likeness (QED) is 0.773. The molecule has 2 heterocycles. The monoisotopic (exact) mass is 356 g/mol. The molecule has 1 atom stereocenters. The van der Waals surface area contributed by atoms with E-state index in [1.165, 1.54) is 11.1 Å². The van der Waals surface area contributed by atoms with E-state index in [4.69, 9.17) is 0 Å². The zero-order valence-corrected chi connectivity index (χ0v) is 16.1. The maximum atomic E-state index is 12.5. The lowest BCUT2D eigenvalue weighted by atomic mass is 9.74. The molecule has 1 aliphatic heterocycles. The molecule has 2 aliphatic rings. The number of hydrogen-bond donors (Lipinski definition) is 0. The summed E-state index contributed by atoms with van der Waals surface area (Å²) in [7, 11) is 0. The van der Waals surface area contributed by atoms with Crippen LogP contribution in [-0.2, 0) is 4.79 Å². The van der Waals surface area contributed by atoms with Crippen LogP contribution in [0.1, 0.15) is 32.8 Å². The van der Waals surface area contributed by atoms with Gasteiger partial charge in [0, 0.05) is 29.9 Å². The molecular formula is C24H24N2O. The van der Waals surface area contributed by atoms with E-state index >= 15 is 0 Å². The van der Waals surface area contributed by atoms with E-state index in [-0.39, 0.29) is 11.4 Å². The number of fused-ring (bicyclic) bond motifs is 1. The van der Waals surface area contributed by atoms with Gasteiger partial charge in [-0.15, -0.1) is 0 Å². The summed E-state index contributed by atoms with van der Waals surface area (Å²) in [6.07, 6.45) is 8.91. The molecule has 4 rings (SSSR count). The highest BCUT2D eigenvalue weighted by Crippen LogP contribution is 2.43. The number of likely N-dealkylation sites (N-methyl/N-ethyl adjacent to an activating group) is 1. The second-order valence-corrected chi connectivity index (χ2v) is 7.37. The number of benzene rings is 1. The molecule has 1 aromatic heterocycles. The molecule has 0 N–H and O–H groups in total. The molecule has 0 saturated carbocycles. The number of amides is 1. The molecule has 1 amide bonds. The number of nitrogens with zero attached hydrogens (tertiary/aromatic N) is 2. The minimum absolute atomic E-state index is 0.109. The van der Waals surface area contributed by atoms with Gasteiger partial charge in [-0.3, -0.25) is 9.78 Å². The fraction of sp³-hybridized carbons (Fsp3) is 0.250. The molecule has 27 heavy (non-hydrogen) atoms. The highest BCUT2D eigenvalue weighted by molar-refractivity contribution is 5.94. The molecule has 1 aliphatic carbocycles. The third-order valence-corrected chi connectivity index (χ3v) is 5.71. The van der Waals surface area contributed by atoms with E-state index < -0.39 is 0 Å². The molecule has 3 nitrogen and oxygen atoms in total. The van der Waals surface area contributed by atoms with Crippen molar-refractivity contribution >= 4 is 11.5 Å². The number of pyridine rings is 1. The predicted octanol–water partition coefficient (Wildman–Crippen LogP) is 5.03. The summed E-state index contributed by atoms with van der Waals surface area (Å²) in [5, 5.41) is 0. The van der Waals surface area contributed by atoms with Gasteiger partial charge in [0.1, 0.15) is 0 Å². The maximum absolute atomic E-state index is 12.5. The van der Waals surface area contributed by atoms with Crippen LogP contribution >= 0.6 is 0 Å². The van der Waals surface area contributed by atoms with Crippen LogP contribution in [0, 0.1) is 0 Å². The lowest BCUT2D eigenvalue weighted by molar-refractivity contribution is -0.130. The van der Waals surface area contributed by atoms with Crippen LogP contribution in [0.2, 0.25) is 0 Å². The first kappa shape index (κ1) is 17.5. The Bertz CT molecular complexity index is 984. The van der Waals surface area contributed by atoms with Gasteiger partial charge in [-0.05, 0) is 56.1 Å². The Hall–Kier alpha value is -2.94. The van der Waals surface area contributed by atoms with Gasteiger partial charge in [0.25, 0.3) is 0 Å². The van der Waals surface area contributed by atoms with Crippen molar-refractivity contribution in [2.24, 2.45) is 0 Å². The predicted molar refractivity (Wildman–Crippen MR) is 110 cm³/mol. The summed E-state index contributed by atoms with van der Waals surface area (Å²) >= 11 is 0. The van der Waals surface area contributed by atoms with Crippen LogP contribution in [0.3, 0.4) is 0 Å². The molecule has 1 aromatic carbocycles. The molecule has 0 spiro atoms. The fourth-order valence-electron chi connectivity index (χ4n) is 4.32. The summed E-state index contributed by atoms with van der Waals surface area (Å²) < 4.78 is 0. The molecule has 0 saturated heterocycles. The summed E-state index contributed by atoms with van der Waals surface area (Å²) in [5.74, 6) is 0.109. The Morgan fingerprint density at radius 1 is 1.11 bits per heavy atom. The molecule has 2 aromatic rings. The van der Waals surface area contributed by atoms with Crippen LogP contribution in [0.15, 0.2) is 78.0 Å². The molecule has 0 radical (unpaired) electrons. The van der Waals surface area contributed by atoms with E-state index in [9.17, 15) is 4.79 Å². The van der Waals surface area contributed by atoms with Crippen molar-refractivity contribution in [3.63, 3.8) is 0 Å². The van der Waals surface area contributed by atoms with Crippen LogP contribution < -0.4 is 0 Å². The zero-order valence-electron chi connectivity index (χ0n) is 16.1. The van der Waals surface area contributed by atoms with Crippen molar-refractivity contribution in [2.45, 2.75) is 32.7 Å². The molecule has 3 heteroatoms. The third kappa shape index (κ3) is 2.84. The van der Waals surface area contributed by atoms with Crippen molar-refractivity contribution < 1.29 is 4.79 Å². The van der Waals surface area contributed by atoms with E-state index in [1.54, 1.807) is 6.08 Å². The number of carbonyl (C=O) groups excluding carboxylic acids is 1. The summed E-state index contributed by atoms with van der Waals surface area (Å²) in [5.41, 5.74) is 6.42. The van der Waals surface area contributed by atoms with Crippen molar-refractivity contribution in [2.75, 3.05) is 6.54 Å². The van der Waals surface area contributed by atoms with E-state index in [2.05, 4.69) is 42.3 Å². The van der Waals surface area contributed by atoms with Gasteiger partial charge in [0.15, 0.2) is 0 Å². The maximum Gasteiger partial charge on any atom is 0.247 e. The Labute approximate surface area is 160 Å². The van der Waals surface area contributed by atoms with Crippen LogP contribution in [0.25, 0.3) is 16.8 Å². The van der Waals surface area contributed by atoms with Gasteiger partial charge in [0.2, 0.25) is 5.91 Å². The van der Waals surface area contributed by atoms with Gasteiger partial charge in [-0.2, -0.15) is 0 Å². The number of hydrogen-bond acceptors (Lipinski definition) is 2. The van der Waals surface area contributed by atoms with Crippen molar-refractivity contribution in [1.29, 1.82) is 0 Å². The first-order chi connectivity index (χ1) is 13.0. The Balaban J connectivity index is 1.82. The molecule has 0 fully saturated rings. The smallest absolute Gasteiger partial charge is 0.247 e. The van der Waals surface area contributed by atoms with E-state index in [0.717, 1.165) is 28.8 Å². The van der Waals surface area contributed by atoms with Gasteiger partial charge in [-0.25, -0.2) is 0 Å². The van der Waals surface area contributed by atoms with Crippen LogP contribution in [0.5, 0.6) is 0 Å². The molecular weight excluding hydrogens is 332 g/mol. The molecule has 1 unspecified atom stereocenters. The average molecular weight is 356 g/mol. The topological polar surface area (TPSA) is 33.2 Å². The highest BCUT2D eigenvalue weighted by Gasteiger charge is 2.42. The Morgan fingerprint density at radius 2 is 1.89 bits per heavy atom. The first-order valence-electron chi connectivity index (χ1n) is 9.48. The summed E-state index contributed by atoms with van der Waals surface area (Å²) in [6, 6.07) is 14.4. The normalized spacial score (nSPS) is 22.0. The minimum atomic E-state index is -0.275. The summed E-state index contributed by atoms with van der Waals surface area (Å²) in [6.45, 7) is 6.97. The number of aromatic nitrogens is 1. The van der Waals surface area contributed by atoms with Gasteiger partial charge < -0.3 is 4.90 Å². The average Bonchev–Trinajstić information content (AvgIpc) is 2.68. The second kappa shape index (κ2) is 6.66. The van der Waals surface area contributed by atoms with Gasteiger partial charge >= 0.3 is 0 Å². The largest absolute Gasteiger partial charge is 0.330 e. The zero-order chi connectivity index (χ0) is 19.0. The van der Waals surface area contributed by atoms with Gasteiger partial charge in [0.05, 0.1) is 11.2 Å². The van der Waals surface area contributed by atoms with Crippen molar-refractivity contribution in [1.82, 2.24) is 9.88 Å². The Kier molecular flexibility index (Phi) is 4.31. The third-order valence-electron chi connectivity index (χ3n) is 5.71. The fourth-order valence-corrected chi connectivity index (χ4v) is 4.32. The number of allylic oxidation sites excluding steroid dienone is 2. The first-order valence-corrected chi connectivity index (χ1v) is 9.48. The van der Waals surface area contributed by atoms with Gasteiger partial charge in [-0.1, -0.05) is 42.5 Å². The van der Waals surface area contributed by atoms with Crippen molar-refractivity contribution in [3.05, 3.63) is 83.6 Å². The molecule has 0 bridgehead atoms. The van der Waals surface area contributed by atoms with Crippen LogP contribution in [0.4, 0.5) is 0 Å². The lowest BCUT2D eigenvalue weighted by Crippen LogP contribution is -2.53. The lowest BCUT2D eigenvalue weighted by Gasteiger charge is -2.47. The standard InChI is InChI=1S/C24H24N2O/c1-4-26-22(27)15-17(2)21-16-19(12-13-24(21,26)3)20-11-8-14-25-23(20)18-9-6-5-7-10-18/h5-12,14-16H,4,13H2,1-3H3. The van der Waals surface area contributed by atoms with Crippen molar-refractivity contribution in [3.8, 4) is 11.3 Å².